The van der Waals surface area contributed by atoms with Crippen molar-refractivity contribution in [1.82, 2.24) is 4.90 Å². The molecule has 1 atom stereocenters. The lowest BCUT2D eigenvalue weighted by Crippen LogP contribution is -2.28. The molecule has 0 N–H and O–H groups in total. The first-order valence-electron chi connectivity index (χ1n) is 8.12. The Morgan fingerprint density at radius 2 is 1.56 bits per heavy atom. The number of halogens is 2. The van der Waals surface area contributed by atoms with Gasteiger partial charge in [0.25, 0.3) is 0 Å². The Labute approximate surface area is 160 Å². The van der Waals surface area contributed by atoms with E-state index in [1.807, 2.05) is 0 Å². The molecule has 1 aliphatic rings. The number of thioether (sulfide) groups is 1. The highest BCUT2D eigenvalue weighted by Gasteiger charge is 2.35. The van der Waals surface area contributed by atoms with Crippen molar-refractivity contribution in [3.63, 3.8) is 0 Å². The monoisotopic (exact) mass is 395 g/mol. The van der Waals surface area contributed by atoms with E-state index in [2.05, 4.69) is 0 Å². The minimum atomic E-state index is -0.676. The van der Waals surface area contributed by atoms with Gasteiger partial charge >= 0.3 is 0 Å². The van der Waals surface area contributed by atoms with Crippen molar-refractivity contribution < 1.29 is 27.8 Å². The summed E-state index contributed by atoms with van der Waals surface area (Å²) >= 11 is 1.41. The molecule has 1 saturated heterocycles. The summed E-state index contributed by atoms with van der Waals surface area (Å²) in [5.41, 5.74) is 1.11. The van der Waals surface area contributed by atoms with E-state index in [-0.39, 0.29) is 23.6 Å². The molecule has 0 bridgehead atoms. The van der Waals surface area contributed by atoms with Crippen LogP contribution in [0.5, 0.6) is 17.2 Å². The first-order chi connectivity index (χ1) is 13.0. The predicted molar refractivity (Wildman–Crippen MR) is 98.2 cm³/mol. The summed E-state index contributed by atoms with van der Waals surface area (Å²) in [6.07, 6.45) is 0. The van der Waals surface area contributed by atoms with Crippen LogP contribution in [0, 0.1) is 11.6 Å². The van der Waals surface area contributed by atoms with E-state index in [4.69, 9.17) is 14.2 Å². The fourth-order valence-electron chi connectivity index (χ4n) is 3.03. The number of carbonyl (C=O) groups is 1. The molecule has 8 heteroatoms. The maximum absolute atomic E-state index is 13.5. The van der Waals surface area contributed by atoms with Crippen LogP contribution >= 0.6 is 11.8 Å². The Morgan fingerprint density at radius 1 is 0.963 bits per heavy atom. The smallest absolute Gasteiger partial charge is 0.234 e. The van der Waals surface area contributed by atoms with Gasteiger partial charge in [0.2, 0.25) is 5.91 Å². The second-order valence-electron chi connectivity index (χ2n) is 5.91. The molecule has 0 aliphatic carbocycles. The van der Waals surface area contributed by atoms with Gasteiger partial charge in [0.05, 0.1) is 27.1 Å². The molecule has 2 aromatic carbocycles. The van der Waals surface area contributed by atoms with Crippen LogP contribution < -0.4 is 14.2 Å². The van der Waals surface area contributed by atoms with Gasteiger partial charge in [-0.2, -0.15) is 0 Å². The zero-order chi connectivity index (χ0) is 19.6. The van der Waals surface area contributed by atoms with Crippen molar-refractivity contribution in [1.29, 1.82) is 0 Å². The highest BCUT2D eigenvalue weighted by atomic mass is 32.2. The van der Waals surface area contributed by atoms with Crippen LogP contribution in [0.25, 0.3) is 0 Å². The van der Waals surface area contributed by atoms with Crippen molar-refractivity contribution in [3.8, 4) is 17.2 Å². The molecule has 2 aromatic rings. The molecule has 1 heterocycles. The Bertz CT molecular complexity index is 842. The summed E-state index contributed by atoms with van der Waals surface area (Å²) in [6, 6.07) is 6.70. The summed E-state index contributed by atoms with van der Waals surface area (Å²) in [7, 11) is 4.57. The lowest BCUT2D eigenvalue weighted by molar-refractivity contribution is -0.128. The van der Waals surface area contributed by atoms with Crippen LogP contribution in [0.1, 0.15) is 16.5 Å². The predicted octanol–water partition coefficient (Wildman–Crippen LogP) is 3.76. The fourth-order valence-corrected chi connectivity index (χ4v) is 4.23. The number of methoxy groups -OCH3 is 3. The van der Waals surface area contributed by atoms with E-state index >= 15 is 0 Å². The molecule has 0 saturated carbocycles. The molecule has 5 nitrogen and oxygen atoms in total. The maximum atomic E-state index is 13.5. The van der Waals surface area contributed by atoms with Gasteiger partial charge in [-0.3, -0.25) is 4.79 Å². The van der Waals surface area contributed by atoms with Crippen molar-refractivity contribution in [2.24, 2.45) is 0 Å². The van der Waals surface area contributed by atoms with Crippen LogP contribution in [0.4, 0.5) is 8.78 Å². The minimum Gasteiger partial charge on any atom is -0.496 e. The van der Waals surface area contributed by atoms with Gasteiger partial charge in [0.15, 0.2) is 11.5 Å². The molecule has 3 rings (SSSR count). The van der Waals surface area contributed by atoms with E-state index in [0.717, 1.165) is 11.6 Å². The second kappa shape index (κ2) is 8.04. The molecular formula is C19H19F2NO4S. The van der Waals surface area contributed by atoms with Gasteiger partial charge < -0.3 is 19.1 Å². The van der Waals surface area contributed by atoms with Gasteiger partial charge in [-0.15, -0.1) is 11.8 Å². The molecule has 1 aliphatic heterocycles. The SMILES string of the molecule is COc1cc(OC)c(C2SCC(=O)N2Cc2cc(F)cc(F)c2)cc1OC. The fraction of sp³-hybridized carbons (Fsp3) is 0.316. The quantitative estimate of drug-likeness (QED) is 0.745. The highest BCUT2D eigenvalue weighted by molar-refractivity contribution is 8.00. The number of rotatable bonds is 6. The van der Waals surface area contributed by atoms with Crippen LogP contribution in [0.2, 0.25) is 0 Å². The number of nitrogens with zero attached hydrogens (tertiary/aromatic N) is 1. The molecule has 1 unspecified atom stereocenters. The number of ether oxygens (including phenoxy) is 3. The summed E-state index contributed by atoms with van der Waals surface area (Å²) in [4.78, 5) is 14.0. The number of amides is 1. The summed E-state index contributed by atoms with van der Waals surface area (Å²) in [5, 5.41) is -0.376. The Hall–Kier alpha value is -2.48. The molecule has 27 heavy (non-hydrogen) atoms. The first kappa shape index (κ1) is 19.3. The summed E-state index contributed by atoms with van der Waals surface area (Å²) < 4.78 is 43.2. The van der Waals surface area contributed by atoms with Crippen molar-refractivity contribution in [3.05, 3.63) is 53.1 Å². The molecule has 1 amide bonds. The summed E-state index contributed by atoms with van der Waals surface area (Å²) in [6.45, 7) is 0.0860. The normalized spacial score (nSPS) is 16.6. The van der Waals surface area contributed by atoms with Crippen LogP contribution in [-0.4, -0.2) is 37.9 Å². The zero-order valence-electron chi connectivity index (χ0n) is 15.1. The largest absolute Gasteiger partial charge is 0.496 e. The van der Waals surface area contributed by atoms with Gasteiger partial charge in [0, 0.05) is 24.2 Å². The van der Waals surface area contributed by atoms with Crippen LogP contribution in [-0.2, 0) is 11.3 Å². The molecular weight excluding hydrogens is 376 g/mol. The maximum Gasteiger partial charge on any atom is 0.234 e. The number of benzene rings is 2. The summed E-state index contributed by atoms with van der Waals surface area (Å²) in [5.74, 6) is 0.340. The van der Waals surface area contributed by atoms with E-state index < -0.39 is 11.6 Å². The second-order valence-corrected chi connectivity index (χ2v) is 6.98. The van der Waals surface area contributed by atoms with E-state index in [9.17, 15) is 13.6 Å². The van der Waals surface area contributed by atoms with Gasteiger partial charge in [-0.25, -0.2) is 8.78 Å². The average Bonchev–Trinajstić information content (AvgIpc) is 3.00. The average molecular weight is 395 g/mol. The van der Waals surface area contributed by atoms with Crippen molar-refractivity contribution in [2.75, 3.05) is 27.1 Å². The van der Waals surface area contributed by atoms with Crippen molar-refractivity contribution in [2.45, 2.75) is 11.9 Å². The van der Waals surface area contributed by atoms with Gasteiger partial charge in [-0.1, -0.05) is 0 Å². The lowest BCUT2D eigenvalue weighted by Gasteiger charge is -2.26. The first-order valence-corrected chi connectivity index (χ1v) is 9.17. The van der Waals surface area contributed by atoms with Crippen molar-refractivity contribution >= 4 is 17.7 Å². The number of hydrogen-bond acceptors (Lipinski definition) is 5. The number of carbonyl (C=O) groups excluding carboxylic acids is 1. The molecule has 144 valence electrons. The molecule has 1 fully saturated rings. The van der Waals surface area contributed by atoms with E-state index in [0.29, 0.717) is 22.8 Å². The zero-order valence-corrected chi connectivity index (χ0v) is 15.9. The Morgan fingerprint density at radius 3 is 2.15 bits per heavy atom. The standard InChI is InChI=1S/C19H19F2NO4S/c1-24-15-8-17(26-3)16(25-2)7-14(15)19-22(18(23)10-27-19)9-11-4-12(20)6-13(21)5-11/h4-8,19H,9-10H2,1-3H3. The Balaban J connectivity index is 1.98. The topological polar surface area (TPSA) is 48.0 Å². The highest BCUT2D eigenvalue weighted by Crippen LogP contribution is 2.46. The van der Waals surface area contributed by atoms with E-state index in [1.165, 1.54) is 45.2 Å². The molecule has 0 radical (unpaired) electrons. The Kier molecular flexibility index (Phi) is 5.74. The van der Waals surface area contributed by atoms with E-state index in [1.54, 1.807) is 17.0 Å². The van der Waals surface area contributed by atoms with Gasteiger partial charge in [0.1, 0.15) is 22.8 Å². The minimum absolute atomic E-state index is 0.0860. The third kappa shape index (κ3) is 3.95. The third-order valence-corrected chi connectivity index (χ3v) is 5.48. The van der Waals surface area contributed by atoms with Crippen LogP contribution in [0.15, 0.2) is 30.3 Å². The van der Waals surface area contributed by atoms with Crippen LogP contribution in [0.3, 0.4) is 0 Å². The lowest BCUT2D eigenvalue weighted by atomic mass is 10.1. The molecule has 0 spiro atoms. The van der Waals surface area contributed by atoms with Gasteiger partial charge in [-0.05, 0) is 23.8 Å². The third-order valence-electron chi connectivity index (χ3n) is 4.25. The molecule has 0 aromatic heterocycles. The number of hydrogen-bond donors (Lipinski definition) is 0.